The molecule has 1 amide bonds. The average Bonchev–Trinajstić information content (AvgIpc) is 2.74. The molecule has 0 aliphatic carbocycles. The summed E-state index contributed by atoms with van der Waals surface area (Å²) >= 11 is 0. The van der Waals surface area contributed by atoms with Gasteiger partial charge in [0.05, 0.1) is 4.92 Å². The highest BCUT2D eigenvalue weighted by Crippen LogP contribution is 2.22. The molecule has 12 heteroatoms. The van der Waals surface area contributed by atoms with Crippen molar-refractivity contribution in [2.45, 2.75) is 4.90 Å². The van der Waals surface area contributed by atoms with Crippen molar-refractivity contribution in [3.05, 3.63) is 64.2 Å². The molecule has 1 fully saturated rings. The number of rotatable bonds is 6. The predicted molar refractivity (Wildman–Crippen MR) is 100 cm³/mol. The lowest BCUT2D eigenvalue weighted by molar-refractivity contribution is -0.384. The molecule has 160 valence electrons. The Morgan fingerprint density at radius 1 is 1.07 bits per heavy atom. The Morgan fingerprint density at radius 2 is 1.70 bits per heavy atom. The van der Waals surface area contributed by atoms with E-state index in [1.165, 1.54) is 29.2 Å². The number of piperazine rings is 1. The minimum absolute atomic E-state index is 0.0542. The molecule has 0 aromatic heterocycles. The first kappa shape index (κ1) is 21.6. The molecule has 1 aliphatic rings. The minimum Gasteiger partial charge on any atom is -0.484 e. The Kier molecular flexibility index (Phi) is 6.27. The Labute approximate surface area is 170 Å². The smallest absolute Gasteiger partial charge is 0.269 e. The van der Waals surface area contributed by atoms with Crippen molar-refractivity contribution in [3.8, 4) is 5.75 Å². The molecule has 0 saturated carbocycles. The van der Waals surface area contributed by atoms with Crippen molar-refractivity contribution in [2.75, 3.05) is 32.8 Å². The fourth-order valence-electron chi connectivity index (χ4n) is 2.89. The van der Waals surface area contributed by atoms with E-state index < -0.39 is 37.4 Å². The van der Waals surface area contributed by atoms with Crippen LogP contribution in [0.4, 0.5) is 14.5 Å². The van der Waals surface area contributed by atoms with Gasteiger partial charge in [0.1, 0.15) is 22.3 Å². The van der Waals surface area contributed by atoms with E-state index in [2.05, 4.69) is 0 Å². The van der Waals surface area contributed by atoms with Crippen molar-refractivity contribution in [1.29, 1.82) is 0 Å². The highest BCUT2D eigenvalue weighted by Gasteiger charge is 2.32. The summed E-state index contributed by atoms with van der Waals surface area (Å²) in [5.74, 6) is -2.04. The standard InChI is InChI=1S/C18H17F2N3O6S/c19-13-1-6-16(20)17(11-13)30(27,28)22-9-7-21(8-10-22)18(24)12-29-15-4-2-14(3-5-15)23(25)26/h1-6,11H,7-10,12H2. The number of nitro benzene ring substituents is 1. The highest BCUT2D eigenvalue weighted by atomic mass is 32.2. The largest absolute Gasteiger partial charge is 0.484 e. The van der Waals surface area contributed by atoms with Crippen molar-refractivity contribution in [2.24, 2.45) is 0 Å². The summed E-state index contributed by atoms with van der Waals surface area (Å²) < 4.78 is 58.6. The van der Waals surface area contributed by atoms with E-state index in [0.717, 1.165) is 16.4 Å². The van der Waals surface area contributed by atoms with Crippen LogP contribution in [0.1, 0.15) is 0 Å². The first-order valence-electron chi connectivity index (χ1n) is 8.79. The van der Waals surface area contributed by atoms with E-state index in [9.17, 15) is 32.1 Å². The number of halogens is 2. The fraction of sp³-hybridized carbons (Fsp3) is 0.278. The van der Waals surface area contributed by atoms with Crippen molar-refractivity contribution < 1.29 is 31.7 Å². The molecule has 1 aliphatic heterocycles. The average molecular weight is 441 g/mol. The van der Waals surface area contributed by atoms with Gasteiger partial charge < -0.3 is 9.64 Å². The molecule has 0 spiro atoms. The SMILES string of the molecule is O=C(COc1ccc([N+](=O)[O-])cc1)N1CCN(S(=O)(=O)c2cc(F)ccc2F)CC1. The van der Waals surface area contributed by atoms with Crippen molar-refractivity contribution in [1.82, 2.24) is 9.21 Å². The number of carbonyl (C=O) groups excluding carboxylic acids is 1. The molecule has 2 aromatic carbocycles. The maximum Gasteiger partial charge on any atom is 0.269 e. The van der Waals surface area contributed by atoms with E-state index in [0.29, 0.717) is 6.07 Å². The van der Waals surface area contributed by atoms with Gasteiger partial charge in [-0.2, -0.15) is 4.31 Å². The maximum atomic E-state index is 13.9. The molecule has 3 rings (SSSR count). The van der Waals surface area contributed by atoms with Gasteiger partial charge in [0.25, 0.3) is 11.6 Å². The zero-order valence-electron chi connectivity index (χ0n) is 15.5. The zero-order chi connectivity index (χ0) is 21.9. The summed E-state index contributed by atoms with van der Waals surface area (Å²) in [4.78, 5) is 23.0. The van der Waals surface area contributed by atoms with Gasteiger partial charge in [0.2, 0.25) is 10.0 Å². The van der Waals surface area contributed by atoms with E-state index in [-0.39, 0.29) is 44.2 Å². The number of nitro groups is 1. The Morgan fingerprint density at radius 3 is 2.30 bits per heavy atom. The van der Waals surface area contributed by atoms with Crippen LogP contribution < -0.4 is 4.74 Å². The molecule has 0 atom stereocenters. The van der Waals surface area contributed by atoms with Crippen LogP contribution in [0, 0.1) is 21.7 Å². The summed E-state index contributed by atoms with van der Waals surface area (Å²) in [7, 11) is -4.24. The molecule has 9 nitrogen and oxygen atoms in total. The number of nitrogens with zero attached hydrogens (tertiary/aromatic N) is 3. The molecular formula is C18H17F2N3O6S. The fourth-order valence-corrected chi connectivity index (χ4v) is 4.39. The third-order valence-corrected chi connectivity index (χ3v) is 6.43. The lowest BCUT2D eigenvalue weighted by Crippen LogP contribution is -2.51. The number of ether oxygens (including phenoxy) is 1. The maximum absolute atomic E-state index is 13.9. The van der Waals surface area contributed by atoms with Crippen molar-refractivity contribution in [3.63, 3.8) is 0 Å². The van der Waals surface area contributed by atoms with Crippen LogP contribution in [0.3, 0.4) is 0 Å². The Bertz CT molecular complexity index is 1050. The number of hydrogen-bond donors (Lipinski definition) is 0. The second-order valence-electron chi connectivity index (χ2n) is 6.40. The first-order valence-corrected chi connectivity index (χ1v) is 10.2. The lowest BCUT2D eigenvalue weighted by atomic mass is 10.3. The van der Waals surface area contributed by atoms with Crippen LogP contribution in [0.5, 0.6) is 5.75 Å². The summed E-state index contributed by atoms with van der Waals surface area (Å²) in [6.45, 7) is -0.385. The summed E-state index contributed by atoms with van der Waals surface area (Å²) in [5.41, 5.74) is -0.110. The number of non-ortho nitro benzene ring substituents is 1. The molecule has 0 unspecified atom stereocenters. The summed E-state index contributed by atoms with van der Waals surface area (Å²) in [5, 5.41) is 10.6. The monoisotopic (exact) mass is 441 g/mol. The van der Waals surface area contributed by atoms with Gasteiger partial charge in [-0.25, -0.2) is 17.2 Å². The molecule has 1 heterocycles. The third-order valence-electron chi connectivity index (χ3n) is 4.51. The molecule has 30 heavy (non-hydrogen) atoms. The lowest BCUT2D eigenvalue weighted by Gasteiger charge is -2.34. The topological polar surface area (TPSA) is 110 Å². The first-order chi connectivity index (χ1) is 14.2. The van der Waals surface area contributed by atoms with Crippen LogP contribution in [0.25, 0.3) is 0 Å². The van der Waals surface area contributed by atoms with E-state index in [1.54, 1.807) is 0 Å². The van der Waals surface area contributed by atoms with Gasteiger partial charge in [-0.3, -0.25) is 14.9 Å². The second-order valence-corrected chi connectivity index (χ2v) is 8.31. The van der Waals surface area contributed by atoms with Crippen LogP contribution in [-0.2, 0) is 14.8 Å². The number of benzene rings is 2. The minimum atomic E-state index is -4.24. The van der Waals surface area contributed by atoms with Crippen LogP contribution in [0.15, 0.2) is 47.4 Å². The van der Waals surface area contributed by atoms with Gasteiger partial charge in [0.15, 0.2) is 6.61 Å². The van der Waals surface area contributed by atoms with Crippen LogP contribution in [-0.4, -0.2) is 61.2 Å². The van der Waals surface area contributed by atoms with Crippen molar-refractivity contribution >= 4 is 21.6 Å². The normalized spacial score (nSPS) is 15.1. The Balaban J connectivity index is 1.56. The number of hydrogen-bond acceptors (Lipinski definition) is 6. The quantitative estimate of drug-likeness (QED) is 0.499. The summed E-state index contributed by atoms with van der Waals surface area (Å²) in [6, 6.07) is 7.42. The van der Waals surface area contributed by atoms with E-state index in [4.69, 9.17) is 4.74 Å². The zero-order valence-corrected chi connectivity index (χ0v) is 16.3. The van der Waals surface area contributed by atoms with E-state index in [1.807, 2.05) is 0 Å². The molecule has 0 radical (unpaired) electrons. The second kappa shape index (κ2) is 8.71. The predicted octanol–water partition coefficient (Wildman–Crippen LogP) is 1.78. The molecule has 0 bridgehead atoms. The number of sulfonamides is 1. The van der Waals surface area contributed by atoms with Crippen LogP contribution in [0.2, 0.25) is 0 Å². The molecule has 2 aromatic rings. The number of amides is 1. The highest BCUT2D eigenvalue weighted by molar-refractivity contribution is 7.89. The third kappa shape index (κ3) is 4.71. The molecule has 1 saturated heterocycles. The van der Waals surface area contributed by atoms with Gasteiger partial charge >= 0.3 is 0 Å². The molecular weight excluding hydrogens is 424 g/mol. The van der Waals surface area contributed by atoms with Gasteiger partial charge in [-0.05, 0) is 30.3 Å². The van der Waals surface area contributed by atoms with Crippen LogP contribution >= 0.6 is 0 Å². The van der Waals surface area contributed by atoms with Gasteiger partial charge in [-0.1, -0.05) is 0 Å². The molecule has 0 N–H and O–H groups in total. The number of carbonyl (C=O) groups is 1. The summed E-state index contributed by atoms with van der Waals surface area (Å²) in [6.07, 6.45) is 0. The van der Waals surface area contributed by atoms with E-state index >= 15 is 0 Å². The van der Waals surface area contributed by atoms with Gasteiger partial charge in [0, 0.05) is 38.3 Å². The van der Waals surface area contributed by atoms with Gasteiger partial charge in [-0.15, -0.1) is 0 Å². The Hall–Kier alpha value is -3.12.